The molecule has 1 atom stereocenters. The monoisotopic (exact) mass is 242 g/mol. The fourth-order valence-electron chi connectivity index (χ4n) is 3.15. The first-order chi connectivity index (χ1) is 8.13. The van der Waals surface area contributed by atoms with E-state index in [1.54, 1.807) is 0 Å². The Kier molecular flexibility index (Phi) is 3.70. The van der Waals surface area contributed by atoms with Gasteiger partial charge in [-0.2, -0.15) is 0 Å². The third-order valence-electron chi connectivity index (χ3n) is 4.27. The highest BCUT2D eigenvalue weighted by atomic mass is 16.3. The molecule has 0 radical (unpaired) electrons. The molecule has 5 nitrogen and oxygen atoms in total. The Bertz CT molecular complexity index is 293. The fourth-order valence-corrected chi connectivity index (χ4v) is 3.15. The van der Waals surface area contributed by atoms with Crippen LogP contribution in [0.4, 0.5) is 0 Å². The molecule has 2 saturated heterocycles. The lowest BCUT2D eigenvalue weighted by Gasteiger charge is -2.38. The molecule has 0 saturated carbocycles. The molecule has 0 aliphatic carbocycles. The van der Waals surface area contributed by atoms with Gasteiger partial charge < -0.3 is 15.1 Å². The molecule has 17 heavy (non-hydrogen) atoms. The van der Waals surface area contributed by atoms with Gasteiger partial charge in [-0.25, -0.2) is 0 Å². The minimum absolute atomic E-state index is 0.0450. The lowest BCUT2D eigenvalue weighted by Crippen LogP contribution is -2.49. The number of hydrogen-bond acceptors (Lipinski definition) is 4. The summed E-state index contributed by atoms with van der Waals surface area (Å²) < 4.78 is 0. The zero-order valence-electron chi connectivity index (χ0n) is 10.4. The van der Waals surface area contributed by atoms with Crippen molar-refractivity contribution in [1.29, 1.82) is 0 Å². The van der Waals surface area contributed by atoms with Crippen LogP contribution in [0.5, 0.6) is 0 Å². The smallest absolute Gasteiger partial charge is 0.229 e. The Hall–Kier alpha value is -0.650. The van der Waals surface area contributed by atoms with Crippen LogP contribution in [-0.4, -0.2) is 71.9 Å². The molecule has 0 aromatic rings. The van der Waals surface area contributed by atoms with E-state index in [2.05, 4.69) is 4.90 Å². The van der Waals surface area contributed by atoms with Gasteiger partial charge in [0, 0.05) is 20.1 Å². The van der Waals surface area contributed by atoms with E-state index in [1.165, 1.54) is 0 Å². The topological polar surface area (TPSA) is 64.0 Å². The molecule has 0 bridgehead atoms. The summed E-state index contributed by atoms with van der Waals surface area (Å²) in [5.41, 5.74) is -0.254. The number of nitrogens with zero attached hydrogens (tertiary/aromatic N) is 2. The van der Waals surface area contributed by atoms with E-state index in [9.17, 15) is 15.0 Å². The summed E-state index contributed by atoms with van der Waals surface area (Å²) in [4.78, 5) is 16.1. The lowest BCUT2D eigenvalue weighted by molar-refractivity contribution is -0.144. The summed E-state index contributed by atoms with van der Waals surface area (Å²) in [5, 5.41) is 18.4. The molecular formula is C12H22N2O3. The van der Waals surface area contributed by atoms with Crippen molar-refractivity contribution in [2.75, 3.05) is 39.9 Å². The molecule has 1 spiro atoms. The highest BCUT2D eigenvalue weighted by Crippen LogP contribution is 2.40. The Morgan fingerprint density at radius 1 is 1.29 bits per heavy atom. The van der Waals surface area contributed by atoms with Crippen LogP contribution in [0.25, 0.3) is 0 Å². The fraction of sp³-hybridized carbons (Fsp3) is 0.917. The van der Waals surface area contributed by atoms with Crippen molar-refractivity contribution in [2.24, 2.45) is 5.41 Å². The second-order valence-electron chi connectivity index (χ2n) is 5.35. The summed E-state index contributed by atoms with van der Waals surface area (Å²) >= 11 is 0. The van der Waals surface area contributed by atoms with Gasteiger partial charge in [0.05, 0.1) is 24.7 Å². The normalized spacial score (nSPS) is 30.8. The Labute approximate surface area is 102 Å². The minimum Gasteiger partial charge on any atom is -0.395 e. The Balaban J connectivity index is 2.07. The predicted octanol–water partition coefficient (Wildman–Crippen LogP) is -0.716. The van der Waals surface area contributed by atoms with Gasteiger partial charge in [0.2, 0.25) is 5.91 Å². The number of carbonyl (C=O) groups is 1. The van der Waals surface area contributed by atoms with Gasteiger partial charge in [-0.05, 0) is 25.8 Å². The molecule has 2 heterocycles. The minimum atomic E-state index is -0.254. The van der Waals surface area contributed by atoms with E-state index in [0.717, 1.165) is 32.4 Å². The van der Waals surface area contributed by atoms with Crippen LogP contribution in [0.1, 0.15) is 19.3 Å². The van der Waals surface area contributed by atoms with E-state index in [0.29, 0.717) is 6.54 Å². The molecule has 2 aliphatic heterocycles. The molecule has 1 amide bonds. The van der Waals surface area contributed by atoms with Crippen molar-refractivity contribution in [1.82, 2.24) is 9.80 Å². The molecule has 1 unspecified atom stereocenters. The number of aliphatic hydroxyl groups is 2. The van der Waals surface area contributed by atoms with E-state index < -0.39 is 0 Å². The van der Waals surface area contributed by atoms with Gasteiger partial charge in [0.15, 0.2) is 0 Å². The van der Waals surface area contributed by atoms with Crippen molar-refractivity contribution in [3.05, 3.63) is 0 Å². The number of likely N-dealkylation sites (tertiary alicyclic amines) is 2. The first-order valence-corrected chi connectivity index (χ1v) is 6.34. The Morgan fingerprint density at radius 3 is 2.65 bits per heavy atom. The molecule has 0 aromatic heterocycles. The SMILES string of the molecule is CN1CCCC2(CCN(C(CO)CO)C2)C1=O. The van der Waals surface area contributed by atoms with Crippen LogP contribution in [0.2, 0.25) is 0 Å². The molecule has 5 heteroatoms. The summed E-state index contributed by atoms with van der Waals surface area (Å²) in [5.74, 6) is 0.237. The van der Waals surface area contributed by atoms with Gasteiger partial charge in [0.25, 0.3) is 0 Å². The first-order valence-electron chi connectivity index (χ1n) is 6.34. The Morgan fingerprint density at radius 2 is 2.00 bits per heavy atom. The summed E-state index contributed by atoms with van der Waals surface area (Å²) in [7, 11) is 1.86. The number of piperidine rings is 1. The van der Waals surface area contributed by atoms with E-state index >= 15 is 0 Å². The van der Waals surface area contributed by atoms with Crippen LogP contribution < -0.4 is 0 Å². The zero-order valence-corrected chi connectivity index (χ0v) is 10.4. The van der Waals surface area contributed by atoms with Crippen molar-refractivity contribution >= 4 is 5.91 Å². The van der Waals surface area contributed by atoms with Crippen LogP contribution in [0.15, 0.2) is 0 Å². The highest BCUT2D eigenvalue weighted by Gasteiger charge is 2.48. The molecular weight excluding hydrogens is 220 g/mol. The third kappa shape index (κ3) is 2.19. The van der Waals surface area contributed by atoms with Crippen LogP contribution in [-0.2, 0) is 4.79 Å². The molecule has 2 fully saturated rings. The van der Waals surface area contributed by atoms with Gasteiger partial charge in [0.1, 0.15) is 0 Å². The molecule has 98 valence electrons. The maximum absolute atomic E-state index is 12.3. The van der Waals surface area contributed by atoms with Crippen molar-refractivity contribution in [3.63, 3.8) is 0 Å². The van der Waals surface area contributed by atoms with Gasteiger partial charge >= 0.3 is 0 Å². The largest absolute Gasteiger partial charge is 0.395 e. The second kappa shape index (κ2) is 4.92. The van der Waals surface area contributed by atoms with Crippen LogP contribution >= 0.6 is 0 Å². The van der Waals surface area contributed by atoms with E-state index in [-0.39, 0.29) is 30.6 Å². The highest BCUT2D eigenvalue weighted by molar-refractivity contribution is 5.83. The summed E-state index contributed by atoms with van der Waals surface area (Å²) in [6.45, 7) is 2.24. The standard InChI is InChI=1S/C12H22N2O3/c1-13-5-2-3-12(11(13)17)4-6-14(9-12)10(7-15)8-16/h10,15-16H,2-9H2,1H3. The average molecular weight is 242 g/mol. The number of amides is 1. The predicted molar refractivity (Wildman–Crippen MR) is 63.5 cm³/mol. The summed E-state index contributed by atoms with van der Waals surface area (Å²) in [6, 6.07) is -0.214. The quantitative estimate of drug-likeness (QED) is 0.686. The van der Waals surface area contributed by atoms with Gasteiger partial charge in [-0.15, -0.1) is 0 Å². The van der Waals surface area contributed by atoms with E-state index in [1.807, 2.05) is 11.9 Å². The van der Waals surface area contributed by atoms with E-state index in [4.69, 9.17) is 0 Å². The zero-order chi connectivity index (χ0) is 12.5. The van der Waals surface area contributed by atoms with Crippen molar-refractivity contribution < 1.29 is 15.0 Å². The van der Waals surface area contributed by atoms with Crippen LogP contribution in [0.3, 0.4) is 0 Å². The van der Waals surface area contributed by atoms with Gasteiger partial charge in [-0.3, -0.25) is 9.69 Å². The summed E-state index contributed by atoms with van der Waals surface area (Å²) in [6.07, 6.45) is 2.85. The van der Waals surface area contributed by atoms with Gasteiger partial charge in [-0.1, -0.05) is 0 Å². The van der Waals surface area contributed by atoms with Crippen LogP contribution in [0, 0.1) is 5.41 Å². The number of carbonyl (C=O) groups excluding carboxylic acids is 1. The molecule has 2 N–H and O–H groups in total. The second-order valence-corrected chi connectivity index (χ2v) is 5.35. The number of aliphatic hydroxyl groups excluding tert-OH is 2. The lowest BCUT2D eigenvalue weighted by atomic mass is 9.78. The number of hydrogen-bond donors (Lipinski definition) is 2. The van der Waals surface area contributed by atoms with Crippen molar-refractivity contribution in [3.8, 4) is 0 Å². The molecule has 0 aromatic carbocycles. The first kappa shape index (κ1) is 12.8. The number of rotatable bonds is 3. The molecule has 2 rings (SSSR count). The maximum atomic E-state index is 12.3. The molecule has 2 aliphatic rings. The van der Waals surface area contributed by atoms with Crippen molar-refractivity contribution in [2.45, 2.75) is 25.3 Å². The maximum Gasteiger partial charge on any atom is 0.229 e. The third-order valence-corrected chi connectivity index (χ3v) is 4.27. The average Bonchev–Trinajstić information content (AvgIpc) is 2.73.